The molecule has 0 aromatic rings. The SMILES string of the molecule is CC(=O)N1C[C@@H]2C[C@@](N=[N+]=[N-])(C(=O)O)[C@@H](CCCB3OC(C)(C)C(C)(C)O3)[C@@H]2C1. The first-order valence-electron chi connectivity index (χ1n) is 10.3. The van der Waals surface area contributed by atoms with Crippen LogP contribution in [0.15, 0.2) is 5.11 Å². The van der Waals surface area contributed by atoms with Crippen LogP contribution in [-0.4, -0.2) is 58.8 Å². The molecular weight excluding hydrogens is 375 g/mol. The zero-order chi connectivity index (χ0) is 21.6. The Morgan fingerprint density at radius 3 is 2.38 bits per heavy atom. The van der Waals surface area contributed by atoms with E-state index < -0.39 is 22.7 Å². The number of aliphatic carboxylic acids is 1. The fourth-order valence-corrected chi connectivity index (χ4v) is 5.25. The van der Waals surface area contributed by atoms with E-state index in [9.17, 15) is 14.7 Å². The minimum absolute atomic E-state index is 0.0000721. The molecule has 2 heterocycles. The van der Waals surface area contributed by atoms with Crippen molar-refractivity contribution >= 4 is 19.0 Å². The number of fused-ring (bicyclic) bond motifs is 1. The molecule has 4 atom stereocenters. The zero-order valence-electron chi connectivity index (χ0n) is 17.9. The molecule has 1 saturated carbocycles. The van der Waals surface area contributed by atoms with E-state index in [1.165, 1.54) is 6.92 Å². The van der Waals surface area contributed by atoms with Crippen molar-refractivity contribution in [2.24, 2.45) is 22.9 Å². The van der Waals surface area contributed by atoms with Gasteiger partial charge in [0, 0.05) is 24.9 Å². The smallest absolute Gasteiger partial charge is 0.457 e. The summed E-state index contributed by atoms with van der Waals surface area (Å²) in [6.45, 7) is 10.6. The molecule has 29 heavy (non-hydrogen) atoms. The molecule has 160 valence electrons. The maximum Gasteiger partial charge on any atom is 0.457 e. The molecule has 1 amide bonds. The Hall–Kier alpha value is -1.77. The van der Waals surface area contributed by atoms with E-state index in [0.717, 1.165) is 0 Å². The molecule has 0 aromatic carbocycles. The first-order chi connectivity index (χ1) is 13.4. The largest absolute Gasteiger partial charge is 0.481 e. The number of nitrogens with zero attached hydrogens (tertiary/aromatic N) is 4. The Bertz CT molecular complexity index is 718. The Labute approximate surface area is 171 Å². The summed E-state index contributed by atoms with van der Waals surface area (Å²) in [4.78, 5) is 28.6. The van der Waals surface area contributed by atoms with Crippen LogP contribution in [0.3, 0.4) is 0 Å². The second kappa shape index (κ2) is 7.49. The number of azide groups is 1. The number of carboxylic acid groups (broad SMARTS) is 1. The van der Waals surface area contributed by atoms with E-state index in [1.54, 1.807) is 4.90 Å². The maximum absolute atomic E-state index is 12.2. The molecule has 3 rings (SSSR count). The number of amides is 1. The van der Waals surface area contributed by atoms with Crippen LogP contribution < -0.4 is 0 Å². The van der Waals surface area contributed by atoms with Gasteiger partial charge in [0.25, 0.3) is 0 Å². The van der Waals surface area contributed by atoms with Gasteiger partial charge in [0.05, 0.1) is 11.2 Å². The van der Waals surface area contributed by atoms with Gasteiger partial charge in [-0.3, -0.25) is 9.59 Å². The average molecular weight is 406 g/mol. The molecule has 0 unspecified atom stereocenters. The van der Waals surface area contributed by atoms with E-state index in [0.29, 0.717) is 32.3 Å². The summed E-state index contributed by atoms with van der Waals surface area (Å²) in [6.07, 6.45) is 2.20. The standard InChI is InChI=1S/C19H31BN4O5/c1-12(25)24-10-13-9-19(16(26)27,22-23-21)15(14(13)11-24)7-6-8-20-28-17(2,3)18(4,5)29-20/h13-15H,6-11H2,1-5H3,(H,26,27)/t13-,14+,15-,19-/m0/s1. The highest BCUT2D eigenvalue weighted by atomic mass is 16.7. The van der Waals surface area contributed by atoms with Crippen molar-refractivity contribution < 1.29 is 24.0 Å². The van der Waals surface area contributed by atoms with Crippen molar-refractivity contribution in [2.45, 2.75) is 76.9 Å². The van der Waals surface area contributed by atoms with Crippen LogP contribution in [0.25, 0.3) is 10.4 Å². The third-order valence-corrected chi connectivity index (χ3v) is 7.49. The number of carbonyl (C=O) groups is 2. The Morgan fingerprint density at radius 1 is 1.24 bits per heavy atom. The van der Waals surface area contributed by atoms with Gasteiger partial charge >= 0.3 is 13.1 Å². The third kappa shape index (κ3) is 3.73. The fourth-order valence-electron chi connectivity index (χ4n) is 5.25. The summed E-state index contributed by atoms with van der Waals surface area (Å²) in [6, 6.07) is 0. The first kappa shape index (κ1) is 21.9. The predicted octanol–water partition coefficient (Wildman–Crippen LogP) is 3.11. The van der Waals surface area contributed by atoms with E-state index in [4.69, 9.17) is 14.8 Å². The number of carbonyl (C=O) groups excluding carboxylic acids is 1. The van der Waals surface area contributed by atoms with E-state index in [2.05, 4.69) is 10.0 Å². The predicted molar refractivity (Wildman–Crippen MR) is 107 cm³/mol. The van der Waals surface area contributed by atoms with Crippen LogP contribution >= 0.6 is 0 Å². The number of hydrogen-bond acceptors (Lipinski definition) is 5. The average Bonchev–Trinajstić information content (AvgIpc) is 3.17. The quantitative estimate of drug-likeness (QED) is 0.314. The molecule has 0 spiro atoms. The molecule has 3 aliphatic rings. The number of rotatable bonds is 6. The van der Waals surface area contributed by atoms with Crippen molar-refractivity contribution in [3.63, 3.8) is 0 Å². The van der Waals surface area contributed by atoms with Gasteiger partial charge < -0.3 is 19.3 Å². The summed E-state index contributed by atoms with van der Waals surface area (Å²) < 4.78 is 12.1. The van der Waals surface area contributed by atoms with Crippen LogP contribution in [0.1, 0.15) is 53.9 Å². The van der Waals surface area contributed by atoms with Crippen molar-refractivity contribution in [3.05, 3.63) is 10.4 Å². The monoisotopic (exact) mass is 406 g/mol. The van der Waals surface area contributed by atoms with Gasteiger partial charge in [-0.1, -0.05) is 11.5 Å². The molecule has 1 aliphatic carbocycles. The Balaban J connectivity index is 1.72. The summed E-state index contributed by atoms with van der Waals surface area (Å²) in [5, 5.41) is 13.7. The van der Waals surface area contributed by atoms with Gasteiger partial charge in [0.15, 0.2) is 0 Å². The maximum atomic E-state index is 12.2. The van der Waals surface area contributed by atoms with Crippen molar-refractivity contribution in [1.29, 1.82) is 0 Å². The summed E-state index contributed by atoms with van der Waals surface area (Å²) in [5.41, 5.74) is 6.82. The van der Waals surface area contributed by atoms with Gasteiger partial charge in [0.2, 0.25) is 5.91 Å². The molecule has 0 bridgehead atoms. The van der Waals surface area contributed by atoms with E-state index in [-0.39, 0.29) is 37.2 Å². The minimum Gasteiger partial charge on any atom is -0.481 e. The lowest BCUT2D eigenvalue weighted by molar-refractivity contribution is -0.145. The highest BCUT2D eigenvalue weighted by molar-refractivity contribution is 6.45. The first-order valence-corrected chi connectivity index (χ1v) is 10.3. The Kier molecular flexibility index (Phi) is 5.66. The molecule has 2 saturated heterocycles. The van der Waals surface area contributed by atoms with Gasteiger partial charge in [-0.2, -0.15) is 0 Å². The van der Waals surface area contributed by atoms with Crippen LogP contribution in [-0.2, 0) is 18.9 Å². The lowest BCUT2D eigenvalue weighted by Gasteiger charge is -2.32. The molecule has 0 radical (unpaired) electrons. The van der Waals surface area contributed by atoms with E-state index in [1.807, 2.05) is 27.7 Å². The van der Waals surface area contributed by atoms with Gasteiger partial charge in [-0.25, -0.2) is 0 Å². The van der Waals surface area contributed by atoms with Crippen LogP contribution in [0, 0.1) is 17.8 Å². The van der Waals surface area contributed by atoms with Crippen molar-refractivity contribution in [3.8, 4) is 0 Å². The Morgan fingerprint density at radius 2 is 1.86 bits per heavy atom. The zero-order valence-corrected chi connectivity index (χ0v) is 17.9. The van der Waals surface area contributed by atoms with Crippen molar-refractivity contribution in [1.82, 2.24) is 4.90 Å². The molecular formula is C19H31BN4O5. The topological polar surface area (TPSA) is 125 Å². The molecule has 1 N–H and O–H groups in total. The second-order valence-electron chi connectivity index (χ2n) is 9.69. The molecule has 3 fully saturated rings. The lowest BCUT2D eigenvalue weighted by Crippen LogP contribution is -2.44. The molecule has 0 aromatic heterocycles. The second-order valence-corrected chi connectivity index (χ2v) is 9.69. The lowest BCUT2D eigenvalue weighted by atomic mass is 9.75. The summed E-state index contributed by atoms with van der Waals surface area (Å²) in [5.74, 6) is -1.31. The number of hydrogen-bond donors (Lipinski definition) is 1. The van der Waals surface area contributed by atoms with Gasteiger partial charge in [-0.05, 0) is 70.1 Å². The van der Waals surface area contributed by atoms with Crippen LogP contribution in [0.4, 0.5) is 0 Å². The molecule has 9 nitrogen and oxygen atoms in total. The van der Waals surface area contributed by atoms with Gasteiger partial charge in [-0.15, -0.1) is 0 Å². The molecule has 2 aliphatic heterocycles. The highest BCUT2D eigenvalue weighted by Crippen LogP contribution is 2.52. The molecule has 10 heteroatoms. The fraction of sp³-hybridized carbons (Fsp3) is 0.895. The summed E-state index contributed by atoms with van der Waals surface area (Å²) in [7, 11) is -0.340. The third-order valence-electron chi connectivity index (χ3n) is 7.49. The number of carboxylic acids is 1. The summed E-state index contributed by atoms with van der Waals surface area (Å²) >= 11 is 0. The van der Waals surface area contributed by atoms with Crippen molar-refractivity contribution in [2.75, 3.05) is 13.1 Å². The van der Waals surface area contributed by atoms with Crippen LogP contribution in [0.2, 0.25) is 6.32 Å². The van der Waals surface area contributed by atoms with Gasteiger partial charge in [0.1, 0.15) is 5.54 Å². The number of likely N-dealkylation sites (tertiary alicyclic amines) is 1. The minimum atomic E-state index is -1.44. The highest BCUT2D eigenvalue weighted by Gasteiger charge is 2.60. The normalized spacial score (nSPS) is 34.7. The van der Waals surface area contributed by atoms with E-state index >= 15 is 0 Å². The van der Waals surface area contributed by atoms with Crippen LogP contribution in [0.5, 0.6) is 0 Å².